The number of aromatic nitrogens is 2. The highest BCUT2D eigenvalue weighted by Crippen LogP contribution is 2.27. The van der Waals surface area contributed by atoms with E-state index in [2.05, 4.69) is 37.4 Å². The lowest BCUT2D eigenvalue weighted by Crippen LogP contribution is -2.44. The number of hydrogen-bond acceptors (Lipinski definition) is 8. The van der Waals surface area contributed by atoms with Gasteiger partial charge in [-0.15, -0.1) is 0 Å². The summed E-state index contributed by atoms with van der Waals surface area (Å²) in [4.78, 5) is 25.3. The van der Waals surface area contributed by atoms with Gasteiger partial charge < -0.3 is 31.9 Å². The third-order valence-electron chi connectivity index (χ3n) is 6.22. The van der Waals surface area contributed by atoms with E-state index in [1.807, 2.05) is 12.1 Å². The van der Waals surface area contributed by atoms with Crippen LogP contribution >= 0.6 is 0 Å². The van der Waals surface area contributed by atoms with E-state index in [9.17, 15) is 9.18 Å². The minimum atomic E-state index is -0.762. The number of pyridine rings is 2. The molecule has 0 aromatic carbocycles. The van der Waals surface area contributed by atoms with E-state index in [4.69, 9.17) is 11.5 Å². The molecule has 2 unspecified atom stereocenters. The van der Waals surface area contributed by atoms with Crippen molar-refractivity contribution < 1.29 is 9.18 Å². The fourth-order valence-electron chi connectivity index (χ4n) is 4.21. The van der Waals surface area contributed by atoms with Crippen LogP contribution in [0.4, 0.5) is 27.5 Å². The largest absolute Gasteiger partial charge is 0.365 e. The molecular weight excluding hydrogens is 411 g/mol. The van der Waals surface area contributed by atoms with Crippen molar-refractivity contribution in [1.82, 2.24) is 14.9 Å². The Morgan fingerprint density at radius 1 is 1.16 bits per heavy atom. The van der Waals surface area contributed by atoms with Gasteiger partial charge in [-0.05, 0) is 38.1 Å². The van der Waals surface area contributed by atoms with E-state index in [1.54, 1.807) is 6.20 Å². The first-order valence-corrected chi connectivity index (χ1v) is 11.1. The van der Waals surface area contributed by atoms with Crippen molar-refractivity contribution in [3.05, 3.63) is 35.8 Å². The molecule has 1 saturated carbocycles. The normalized spacial score (nSPS) is 21.9. The maximum absolute atomic E-state index is 14.7. The number of nitrogens with zero attached hydrogens (tertiary/aromatic N) is 4. The van der Waals surface area contributed by atoms with E-state index in [1.165, 1.54) is 0 Å². The van der Waals surface area contributed by atoms with Gasteiger partial charge >= 0.3 is 0 Å². The summed E-state index contributed by atoms with van der Waals surface area (Å²) in [6.45, 7) is 3.81. The van der Waals surface area contributed by atoms with E-state index in [-0.39, 0.29) is 29.3 Å². The van der Waals surface area contributed by atoms with Gasteiger partial charge in [0.2, 0.25) is 0 Å². The fraction of sp³-hybridized carbons (Fsp3) is 0.500. The van der Waals surface area contributed by atoms with Gasteiger partial charge in [-0.25, -0.2) is 14.4 Å². The van der Waals surface area contributed by atoms with Crippen LogP contribution in [-0.2, 0) is 0 Å². The first-order chi connectivity index (χ1) is 15.4. The number of anilines is 4. The van der Waals surface area contributed by atoms with Crippen LogP contribution in [0.15, 0.2) is 24.4 Å². The molecule has 1 saturated heterocycles. The molecule has 32 heavy (non-hydrogen) atoms. The maximum Gasteiger partial charge on any atom is 0.252 e. The van der Waals surface area contributed by atoms with Crippen LogP contribution in [0.5, 0.6) is 0 Å². The quantitative estimate of drug-likeness (QED) is 0.534. The SMILES string of the molecule is CN1CCN(c2ccc(Nc3nc(NC4CCCCC4N)c(F)cc3C(N)=O)cn2)CC1. The molecule has 2 aliphatic rings. The van der Waals surface area contributed by atoms with Crippen molar-refractivity contribution in [2.75, 3.05) is 48.8 Å². The Kier molecular flexibility index (Phi) is 6.71. The first kappa shape index (κ1) is 22.2. The van der Waals surface area contributed by atoms with E-state index in [0.29, 0.717) is 5.69 Å². The molecule has 172 valence electrons. The number of halogens is 1. The van der Waals surface area contributed by atoms with Gasteiger partial charge in [0.15, 0.2) is 11.6 Å². The summed E-state index contributed by atoms with van der Waals surface area (Å²) < 4.78 is 14.7. The molecule has 9 nitrogen and oxygen atoms in total. The number of primary amides is 1. The molecule has 0 radical (unpaired) electrons. The van der Waals surface area contributed by atoms with Gasteiger partial charge in [-0.1, -0.05) is 12.8 Å². The molecule has 0 spiro atoms. The van der Waals surface area contributed by atoms with Gasteiger partial charge in [0, 0.05) is 38.3 Å². The lowest BCUT2D eigenvalue weighted by molar-refractivity contribution is 0.100. The topological polar surface area (TPSA) is 125 Å². The number of carbonyl (C=O) groups excluding carboxylic acids is 1. The third kappa shape index (κ3) is 5.08. The second-order valence-corrected chi connectivity index (χ2v) is 8.60. The van der Waals surface area contributed by atoms with Crippen molar-refractivity contribution in [2.24, 2.45) is 11.5 Å². The summed E-state index contributed by atoms with van der Waals surface area (Å²) in [6, 6.07) is 4.76. The molecule has 1 aliphatic carbocycles. The molecule has 1 amide bonds. The highest BCUT2D eigenvalue weighted by molar-refractivity contribution is 5.98. The average molecular weight is 443 g/mol. The molecule has 2 atom stereocenters. The predicted octanol–water partition coefficient (Wildman–Crippen LogP) is 1.89. The summed E-state index contributed by atoms with van der Waals surface area (Å²) in [5.41, 5.74) is 12.3. The Hall–Kier alpha value is -2.98. The number of nitrogens with two attached hydrogens (primary N) is 2. The summed E-state index contributed by atoms with van der Waals surface area (Å²) in [7, 11) is 2.11. The Bertz CT molecular complexity index is 946. The Balaban J connectivity index is 1.53. The first-order valence-electron chi connectivity index (χ1n) is 11.1. The monoisotopic (exact) mass is 442 g/mol. The molecule has 3 heterocycles. The smallest absolute Gasteiger partial charge is 0.252 e. The predicted molar refractivity (Wildman–Crippen MR) is 124 cm³/mol. The van der Waals surface area contributed by atoms with E-state index in [0.717, 1.165) is 63.7 Å². The molecule has 10 heteroatoms. The standard InChI is InChI=1S/C22H31FN8O/c1-30-8-10-31(11-9-30)19-7-6-14(13-26-19)27-21-15(20(25)32)12-16(23)22(29-21)28-18-5-3-2-4-17(18)24/h6-7,12-13,17-18H,2-5,8-11,24H2,1H3,(H2,25,32)(H2,27,28,29). The molecule has 1 aliphatic heterocycles. The number of amides is 1. The fourth-order valence-corrected chi connectivity index (χ4v) is 4.21. The van der Waals surface area contributed by atoms with E-state index >= 15 is 0 Å². The Morgan fingerprint density at radius 2 is 1.91 bits per heavy atom. The minimum absolute atomic E-state index is 0.0239. The third-order valence-corrected chi connectivity index (χ3v) is 6.22. The molecule has 2 fully saturated rings. The van der Waals surface area contributed by atoms with Crippen LogP contribution in [0.25, 0.3) is 0 Å². The van der Waals surface area contributed by atoms with Crippen molar-refractivity contribution in [3.8, 4) is 0 Å². The molecule has 2 aromatic rings. The second-order valence-electron chi connectivity index (χ2n) is 8.60. The van der Waals surface area contributed by atoms with Gasteiger partial charge in [0.25, 0.3) is 5.91 Å². The molecule has 2 aromatic heterocycles. The lowest BCUT2D eigenvalue weighted by atomic mass is 9.91. The van der Waals surface area contributed by atoms with Crippen molar-refractivity contribution in [2.45, 2.75) is 37.8 Å². The minimum Gasteiger partial charge on any atom is -0.365 e. The van der Waals surface area contributed by atoms with Crippen LogP contribution in [-0.4, -0.2) is 66.1 Å². The number of hydrogen-bond donors (Lipinski definition) is 4. The second kappa shape index (κ2) is 9.66. The average Bonchev–Trinajstić information content (AvgIpc) is 2.78. The lowest BCUT2D eigenvalue weighted by Gasteiger charge is -2.33. The zero-order valence-corrected chi connectivity index (χ0v) is 18.4. The van der Waals surface area contributed by atoms with Gasteiger partial charge in [-0.3, -0.25) is 4.79 Å². The zero-order valence-electron chi connectivity index (χ0n) is 18.4. The van der Waals surface area contributed by atoms with Crippen LogP contribution in [0.2, 0.25) is 0 Å². The summed E-state index contributed by atoms with van der Waals surface area (Å²) >= 11 is 0. The highest BCUT2D eigenvalue weighted by atomic mass is 19.1. The van der Waals surface area contributed by atoms with Gasteiger partial charge in [-0.2, -0.15) is 0 Å². The maximum atomic E-state index is 14.7. The van der Waals surface area contributed by atoms with Crippen molar-refractivity contribution >= 4 is 29.0 Å². The molecular formula is C22H31FN8O. The van der Waals surface area contributed by atoms with Crippen LogP contribution < -0.4 is 27.0 Å². The molecule has 6 N–H and O–H groups in total. The van der Waals surface area contributed by atoms with Crippen LogP contribution in [0.3, 0.4) is 0 Å². The van der Waals surface area contributed by atoms with Crippen molar-refractivity contribution in [1.29, 1.82) is 0 Å². The molecule has 4 rings (SSSR count). The zero-order chi connectivity index (χ0) is 22.7. The Labute approximate surface area is 187 Å². The van der Waals surface area contributed by atoms with Gasteiger partial charge in [0.1, 0.15) is 11.6 Å². The van der Waals surface area contributed by atoms with Gasteiger partial charge in [0.05, 0.1) is 17.4 Å². The van der Waals surface area contributed by atoms with Crippen LogP contribution in [0, 0.1) is 5.82 Å². The summed E-state index contributed by atoms with van der Waals surface area (Å²) in [5, 5.41) is 6.19. The number of nitrogens with one attached hydrogen (secondary N) is 2. The molecule has 0 bridgehead atoms. The summed E-state index contributed by atoms with van der Waals surface area (Å²) in [6.07, 6.45) is 5.51. The highest BCUT2D eigenvalue weighted by Gasteiger charge is 2.24. The van der Waals surface area contributed by atoms with E-state index < -0.39 is 11.7 Å². The number of rotatable bonds is 6. The number of carbonyl (C=O) groups is 1. The van der Waals surface area contributed by atoms with Crippen molar-refractivity contribution in [3.63, 3.8) is 0 Å². The van der Waals surface area contributed by atoms with Crippen LogP contribution in [0.1, 0.15) is 36.0 Å². The Morgan fingerprint density at radius 3 is 2.56 bits per heavy atom. The number of piperazine rings is 1. The number of likely N-dealkylation sites (N-methyl/N-ethyl adjacent to an activating group) is 1. The summed E-state index contributed by atoms with van der Waals surface area (Å²) in [5.74, 6) is -0.270.